The zero-order chi connectivity index (χ0) is 22.5. The summed E-state index contributed by atoms with van der Waals surface area (Å²) in [6.45, 7) is 13.5. The Morgan fingerprint density at radius 1 is 0.967 bits per heavy atom. The lowest BCUT2D eigenvalue weighted by molar-refractivity contribution is 0.102. The first-order valence-corrected chi connectivity index (χ1v) is 11.8. The maximum absolute atomic E-state index is 13.0. The molecule has 0 aliphatic carbocycles. The van der Waals surface area contributed by atoms with Crippen molar-refractivity contribution in [2.24, 2.45) is 0 Å². The molecule has 1 amide bonds. The number of hydrogen-bond donors (Lipinski definition) is 1. The van der Waals surface area contributed by atoms with E-state index in [1.54, 1.807) is 51.1 Å². The van der Waals surface area contributed by atoms with Gasteiger partial charge in [0.2, 0.25) is 10.0 Å². The summed E-state index contributed by atoms with van der Waals surface area (Å²) in [4.78, 5) is 19.6. The smallest absolute Gasteiger partial charge is 0.257 e. The molecule has 2 aromatic rings. The maximum atomic E-state index is 13.0. The van der Waals surface area contributed by atoms with Gasteiger partial charge in [0.05, 0.1) is 27.5 Å². The quantitative estimate of drug-likeness (QED) is 0.651. The third-order valence-electron chi connectivity index (χ3n) is 5.13. The summed E-state index contributed by atoms with van der Waals surface area (Å²) < 4.78 is 27.4. The molecular weight excluding hydrogens is 400 g/mol. The van der Waals surface area contributed by atoms with Gasteiger partial charge in [-0.15, -0.1) is 0 Å². The molecule has 1 aromatic carbocycles. The second-order valence-corrected chi connectivity index (χ2v) is 8.92. The first kappa shape index (κ1) is 23.8. The summed E-state index contributed by atoms with van der Waals surface area (Å²) in [6, 6.07) is 8.44. The third-order valence-corrected chi connectivity index (χ3v) is 7.18. The average molecular weight is 433 g/mol. The van der Waals surface area contributed by atoms with Crippen LogP contribution in [0.5, 0.6) is 0 Å². The zero-order valence-electron chi connectivity index (χ0n) is 18.7. The van der Waals surface area contributed by atoms with Crippen molar-refractivity contribution in [3.8, 4) is 0 Å². The van der Waals surface area contributed by atoms with Gasteiger partial charge in [0.25, 0.3) is 5.91 Å². The number of carbonyl (C=O) groups is 1. The van der Waals surface area contributed by atoms with E-state index < -0.39 is 10.0 Å². The standard InChI is InChI=1S/C22H32N4O3S/c1-7-25(8-2)21-14-12-18(30(28,29)26(9-3)10-4)15-20(21)24-22(27)19-13-11-16(5)23-17(19)6/h11-15H,7-10H2,1-6H3,(H,24,27). The highest BCUT2D eigenvalue weighted by atomic mass is 32.2. The van der Waals surface area contributed by atoms with Crippen molar-refractivity contribution in [3.63, 3.8) is 0 Å². The highest BCUT2D eigenvalue weighted by molar-refractivity contribution is 7.89. The van der Waals surface area contributed by atoms with Gasteiger partial charge in [-0.1, -0.05) is 13.8 Å². The van der Waals surface area contributed by atoms with Crippen LogP contribution in [0.1, 0.15) is 49.4 Å². The first-order valence-electron chi connectivity index (χ1n) is 10.3. The number of anilines is 2. The van der Waals surface area contributed by atoms with Crippen molar-refractivity contribution in [1.82, 2.24) is 9.29 Å². The Balaban J connectivity index is 2.54. The minimum Gasteiger partial charge on any atom is -0.370 e. The molecule has 7 nitrogen and oxygen atoms in total. The van der Waals surface area contributed by atoms with Crippen LogP contribution in [0, 0.1) is 13.8 Å². The highest BCUT2D eigenvalue weighted by Gasteiger charge is 2.24. The van der Waals surface area contributed by atoms with Crippen molar-refractivity contribution in [1.29, 1.82) is 0 Å². The monoisotopic (exact) mass is 432 g/mol. The number of nitrogens with one attached hydrogen (secondary N) is 1. The molecular formula is C22H32N4O3S. The minimum absolute atomic E-state index is 0.163. The Bertz CT molecular complexity index is 997. The molecule has 0 aliphatic heterocycles. The molecule has 1 aromatic heterocycles. The highest BCUT2D eigenvalue weighted by Crippen LogP contribution is 2.31. The number of hydrogen-bond acceptors (Lipinski definition) is 5. The number of amides is 1. The van der Waals surface area contributed by atoms with Gasteiger partial charge in [0.1, 0.15) is 0 Å². The number of aryl methyl sites for hydroxylation is 2. The molecule has 164 valence electrons. The fourth-order valence-electron chi connectivity index (χ4n) is 3.44. The van der Waals surface area contributed by atoms with E-state index in [1.807, 2.05) is 20.8 Å². The molecule has 1 N–H and O–H groups in total. The Hall–Kier alpha value is -2.45. The lowest BCUT2D eigenvalue weighted by Gasteiger charge is -2.26. The number of benzene rings is 1. The molecule has 2 rings (SSSR count). The summed E-state index contributed by atoms with van der Waals surface area (Å²) in [6.07, 6.45) is 0. The average Bonchev–Trinajstić information content (AvgIpc) is 2.70. The Morgan fingerprint density at radius 2 is 1.60 bits per heavy atom. The number of carbonyl (C=O) groups excluding carboxylic acids is 1. The molecule has 0 bridgehead atoms. The topological polar surface area (TPSA) is 82.6 Å². The molecule has 0 aliphatic rings. The van der Waals surface area contributed by atoms with E-state index in [1.165, 1.54) is 4.31 Å². The van der Waals surface area contributed by atoms with Crippen LogP contribution >= 0.6 is 0 Å². The molecule has 8 heteroatoms. The van der Waals surface area contributed by atoms with Gasteiger partial charge in [-0.05, 0) is 58.0 Å². The van der Waals surface area contributed by atoms with Gasteiger partial charge in [-0.3, -0.25) is 9.78 Å². The van der Waals surface area contributed by atoms with Crippen LogP contribution in [0.15, 0.2) is 35.2 Å². The fraction of sp³-hybridized carbons (Fsp3) is 0.455. The summed E-state index contributed by atoms with van der Waals surface area (Å²) in [7, 11) is -3.64. The molecule has 30 heavy (non-hydrogen) atoms. The van der Waals surface area contributed by atoms with Crippen molar-refractivity contribution in [2.75, 3.05) is 36.4 Å². The van der Waals surface area contributed by atoms with E-state index in [9.17, 15) is 13.2 Å². The van der Waals surface area contributed by atoms with Crippen LogP contribution in [0.2, 0.25) is 0 Å². The molecule has 0 spiro atoms. The SMILES string of the molecule is CCN(CC)c1ccc(S(=O)(=O)N(CC)CC)cc1NC(=O)c1ccc(C)nc1C. The predicted molar refractivity (Wildman–Crippen MR) is 122 cm³/mol. The summed E-state index contributed by atoms with van der Waals surface area (Å²) in [5.41, 5.74) is 3.17. The van der Waals surface area contributed by atoms with E-state index in [4.69, 9.17) is 0 Å². The fourth-order valence-corrected chi connectivity index (χ4v) is 4.93. The maximum Gasteiger partial charge on any atom is 0.257 e. The largest absolute Gasteiger partial charge is 0.370 e. The Kier molecular flexibility index (Phi) is 7.97. The molecule has 0 saturated heterocycles. The summed E-state index contributed by atoms with van der Waals surface area (Å²) >= 11 is 0. The molecule has 0 saturated carbocycles. The zero-order valence-corrected chi connectivity index (χ0v) is 19.5. The van der Waals surface area contributed by atoms with E-state index in [2.05, 4.69) is 15.2 Å². The van der Waals surface area contributed by atoms with Crippen LogP contribution in [-0.4, -0.2) is 49.8 Å². The van der Waals surface area contributed by atoms with Gasteiger partial charge >= 0.3 is 0 Å². The van der Waals surface area contributed by atoms with E-state index in [0.29, 0.717) is 30.0 Å². The third kappa shape index (κ3) is 4.99. The number of pyridine rings is 1. The number of rotatable bonds is 9. The van der Waals surface area contributed by atoms with Gasteiger partial charge in [-0.25, -0.2) is 8.42 Å². The first-order chi connectivity index (χ1) is 14.2. The number of sulfonamides is 1. The molecule has 0 radical (unpaired) electrons. The van der Waals surface area contributed by atoms with Crippen LogP contribution in [0.25, 0.3) is 0 Å². The molecule has 0 unspecified atom stereocenters. The van der Waals surface area contributed by atoms with E-state index in [0.717, 1.165) is 24.5 Å². The van der Waals surface area contributed by atoms with Crippen LogP contribution in [-0.2, 0) is 10.0 Å². The summed E-state index contributed by atoms with van der Waals surface area (Å²) in [5.74, 6) is -0.314. The number of aromatic nitrogens is 1. The molecule has 0 atom stereocenters. The summed E-state index contributed by atoms with van der Waals surface area (Å²) in [5, 5.41) is 2.92. The van der Waals surface area contributed by atoms with Gasteiger partial charge < -0.3 is 10.2 Å². The minimum atomic E-state index is -3.64. The van der Waals surface area contributed by atoms with Crippen molar-refractivity contribution >= 4 is 27.3 Å². The van der Waals surface area contributed by atoms with Crippen molar-refractivity contribution < 1.29 is 13.2 Å². The molecule has 0 fully saturated rings. The Labute approximate surface area is 180 Å². The van der Waals surface area contributed by atoms with Crippen LogP contribution in [0.3, 0.4) is 0 Å². The van der Waals surface area contributed by atoms with Gasteiger partial charge in [0.15, 0.2) is 0 Å². The van der Waals surface area contributed by atoms with Gasteiger partial charge in [0, 0.05) is 31.9 Å². The normalized spacial score (nSPS) is 11.6. The van der Waals surface area contributed by atoms with Crippen LogP contribution < -0.4 is 10.2 Å². The van der Waals surface area contributed by atoms with Crippen LogP contribution in [0.4, 0.5) is 11.4 Å². The van der Waals surface area contributed by atoms with E-state index >= 15 is 0 Å². The van der Waals surface area contributed by atoms with Gasteiger partial charge in [-0.2, -0.15) is 4.31 Å². The lowest BCUT2D eigenvalue weighted by Crippen LogP contribution is -2.31. The van der Waals surface area contributed by atoms with Crippen molar-refractivity contribution in [2.45, 2.75) is 46.4 Å². The second kappa shape index (κ2) is 10.0. The van der Waals surface area contributed by atoms with Crippen molar-refractivity contribution in [3.05, 3.63) is 47.3 Å². The number of nitrogens with zero attached hydrogens (tertiary/aromatic N) is 3. The molecule has 1 heterocycles. The second-order valence-electron chi connectivity index (χ2n) is 6.98. The van der Waals surface area contributed by atoms with E-state index in [-0.39, 0.29) is 10.8 Å². The Morgan fingerprint density at radius 3 is 2.13 bits per heavy atom. The lowest BCUT2D eigenvalue weighted by atomic mass is 10.1. The predicted octanol–water partition coefficient (Wildman–Crippen LogP) is 3.83.